The molecule has 0 aliphatic carbocycles. The van der Waals surface area contributed by atoms with E-state index in [0.717, 1.165) is 31.7 Å². The highest BCUT2D eigenvalue weighted by Crippen LogP contribution is 2.50. The van der Waals surface area contributed by atoms with Gasteiger partial charge in [0.05, 0.1) is 33.2 Å². The number of hydrogen-bond acceptors (Lipinski definition) is 8. The standard InChI is InChI=1S/C31H29FN8O3/c1-31-5-6-40(22(31)13-38(3)14-31)26-18(15-7-16-27(41)19(30(42)43)12-39(4)29(16)36-10-15)11-35-28-24(26)23-17(9-33)20(32)8-21(34-2)25(23)37-28/h7-8,10-12,22,34H,5-6,13-14H2,1-4H3,(H,35,37)(H,42,43)/t22-,31+/m1/s1. The van der Waals surface area contributed by atoms with Crippen LogP contribution in [-0.4, -0.2) is 75.3 Å². The van der Waals surface area contributed by atoms with Gasteiger partial charge in [-0.25, -0.2) is 19.2 Å². The molecule has 4 aromatic heterocycles. The number of anilines is 2. The number of hydrogen-bond donors (Lipinski definition) is 3. The number of nitrogens with one attached hydrogen (secondary N) is 2. The summed E-state index contributed by atoms with van der Waals surface area (Å²) in [6.07, 6.45) is 5.55. The third-order valence-electron chi connectivity index (χ3n) is 9.27. The number of fused-ring (bicyclic) bond motifs is 5. The van der Waals surface area contributed by atoms with E-state index in [1.165, 1.54) is 16.8 Å². The fraction of sp³-hybridized carbons (Fsp3) is 0.323. The Bertz CT molecular complexity index is 2130. The molecule has 11 nitrogen and oxygen atoms in total. The van der Waals surface area contributed by atoms with Crippen LogP contribution in [0.4, 0.5) is 15.8 Å². The molecule has 2 aliphatic rings. The third-order valence-corrected chi connectivity index (χ3v) is 9.27. The van der Waals surface area contributed by atoms with E-state index in [-0.39, 0.29) is 28.0 Å². The van der Waals surface area contributed by atoms with Crippen molar-refractivity contribution in [3.8, 4) is 17.2 Å². The van der Waals surface area contributed by atoms with Crippen molar-refractivity contribution in [1.29, 1.82) is 5.26 Å². The highest BCUT2D eigenvalue weighted by molar-refractivity contribution is 6.20. The molecule has 2 aliphatic heterocycles. The number of nitrogens with zero attached hydrogens (tertiary/aromatic N) is 6. The Morgan fingerprint density at radius 2 is 2.05 bits per heavy atom. The maximum Gasteiger partial charge on any atom is 0.341 e. The lowest BCUT2D eigenvalue weighted by Gasteiger charge is -2.32. The number of carbonyl (C=O) groups is 1. The van der Waals surface area contributed by atoms with Gasteiger partial charge in [-0.05, 0) is 19.5 Å². The van der Waals surface area contributed by atoms with Gasteiger partial charge in [0.15, 0.2) is 0 Å². The summed E-state index contributed by atoms with van der Waals surface area (Å²) in [5.74, 6) is -1.95. The molecule has 1 aromatic carbocycles. The summed E-state index contributed by atoms with van der Waals surface area (Å²) in [4.78, 5) is 42.3. The molecule has 0 saturated carbocycles. The Morgan fingerprint density at radius 1 is 1.26 bits per heavy atom. The number of aryl methyl sites for hydroxylation is 1. The van der Waals surface area contributed by atoms with E-state index >= 15 is 4.39 Å². The summed E-state index contributed by atoms with van der Waals surface area (Å²) in [6, 6.07) is 5.16. The highest BCUT2D eigenvalue weighted by atomic mass is 19.1. The van der Waals surface area contributed by atoms with Gasteiger partial charge in [-0.3, -0.25) is 4.79 Å². The minimum Gasteiger partial charge on any atom is -0.477 e. The van der Waals surface area contributed by atoms with Crippen LogP contribution in [0.5, 0.6) is 0 Å². The molecule has 3 N–H and O–H groups in total. The fourth-order valence-corrected chi connectivity index (χ4v) is 7.28. The number of pyridine rings is 3. The van der Waals surface area contributed by atoms with E-state index < -0.39 is 17.2 Å². The molecule has 2 saturated heterocycles. The molecule has 2 atom stereocenters. The van der Waals surface area contributed by atoms with Crippen molar-refractivity contribution < 1.29 is 14.3 Å². The van der Waals surface area contributed by atoms with Gasteiger partial charge in [-0.1, -0.05) is 6.92 Å². The van der Waals surface area contributed by atoms with Gasteiger partial charge in [0.1, 0.15) is 28.7 Å². The zero-order valence-corrected chi connectivity index (χ0v) is 24.1. The largest absolute Gasteiger partial charge is 0.477 e. The monoisotopic (exact) mass is 580 g/mol. The van der Waals surface area contributed by atoms with Crippen molar-refractivity contribution in [1.82, 2.24) is 24.4 Å². The first kappa shape index (κ1) is 26.9. The molecule has 5 aromatic rings. The smallest absolute Gasteiger partial charge is 0.341 e. The van der Waals surface area contributed by atoms with Gasteiger partial charge in [-0.2, -0.15) is 5.26 Å². The van der Waals surface area contributed by atoms with Gasteiger partial charge < -0.3 is 29.8 Å². The summed E-state index contributed by atoms with van der Waals surface area (Å²) in [6.45, 7) is 4.76. The summed E-state index contributed by atoms with van der Waals surface area (Å²) in [7, 11) is 5.44. The van der Waals surface area contributed by atoms with Crippen LogP contribution in [-0.2, 0) is 7.05 Å². The van der Waals surface area contributed by atoms with E-state index in [4.69, 9.17) is 4.98 Å². The number of aromatic nitrogens is 4. The van der Waals surface area contributed by atoms with Gasteiger partial charge in [0.25, 0.3) is 0 Å². The van der Waals surface area contributed by atoms with Crippen molar-refractivity contribution >= 4 is 50.3 Å². The SMILES string of the molecule is CNc1cc(F)c(C#N)c2c1[nH]c1ncc(-c3cnc4c(c3)c(=O)c(C(=O)O)cn4C)c(N3CC[C@@]4(C)CN(C)C[C@@H]34)c12. The van der Waals surface area contributed by atoms with Crippen LogP contribution in [0.15, 0.2) is 35.5 Å². The Balaban J connectivity index is 1.60. The molecule has 2 fully saturated rings. The normalized spacial score (nSPS) is 20.3. The second-order valence-electron chi connectivity index (χ2n) is 12.0. The molecule has 6 heterocycles. The molecule has 0 amide bonds. The van der Waals surface area contributed by atoms with E-state index in [9.17, 15) is 20.0 Å². The molecular formula is C31H29FN8O3. The predicted molar refractivity (Wildman–Crippen MR) is 162 cm³/mol. The molecule has 43 heavy (non-hydrogen) atoms. The maximum atomic E-state index is 15.4. The number of aromatic amines is 1. The molecule has 7 rings (SSSR count). The van der Waals surface area contributed by atoms with E-state index in [2.05, 4.69) is 45.1 Å². The molecular weight excluding hydrogens is 551 g/mol. The maximum absolute atomic E-state index is 15.4. The van der Waals surface area contributed by atoms with Gasteiger partial charge in [-0.15, -0.1) is 0 Å². The lowest BCUT2D eigenvalue weighted by atomic mass is 9.85. The summed E-state index contributed by atoms with van der Waals surface area (Å²) in [5.41, 5.74) is 2.88. The summed E-state index contributed by atoms with van der Waals surface area (Å²) >= 11 is 0. The number of likely N-dealkylation sites (N-methyl/N-ethyl adjacent to an activating group) is 1. The van der Waals surface area contributed by atoms with Crippen LogP contribution in [0, 0.1) is 22.6 Å². The first-order valence-corrected chi connectivity index (χ1v) is 14.0. The van der Waals surface area contributed by atoms with Crippen molar-refractivity contribution in [2.45, 2.75) is 19.4 Å². The lowest BCUT2D eigenvalue weighted by Crippen LogP contribution is -2.38. The minimum atomic E-state index is -1.32. The predicted octanol–water partition coefficient (Wildman–Crippen LogP) is 3.91. The third kappa shape index (κ3) is 3.74. The molecule has 0 spiro atoms. The average molecular weight is 581 g/mol. The lowest BCUT2D eigenvalue weighted by molar-refractivity contribution is 0.0695. The van der Waals surface area contributed by atoms with Crippen LogP contribution in [0.25, 0.3) is 44.1 Å². The quantitative estimate of drug-likeness (QED) is 0.288. The van der Waals surface area contributed by atoms with E-state index in [1.54, 1.807) is 32.6 Å². The number of benzene rings is 1. The minimum absolute atomic E-state index is 0.0150. The highest BCUT2D eigenvalue weighted by Gasteiger charge is 2.50. The summed E-state index contributed by atoms with van der Waals surface area (Å²) in [5, 5.41) is 24.0. The first-order valence-electron chi connectivity index (χ1n) is 14.0. The van der Waals surface area contributed by atoms with Crippen molar-refractivity contribution in [3.63, 3.8) is 0 Å². The van der Waals surface area contributed by atoms with Crippen molar-refractivity contribution in [2.24, 2.45) is 12.5 Å². The molecule has 218 valence electrons. The Kier molecular flexibility index (Phi) is 5.77. The van der Waals surface area contributed by atoms with Crippen LogP contribution in [0.3, 0.4) is 0 Å². The molecule has 0 bridgehead atoms. The Hall–Kier alpha value is -5.02. The summed E-state index contributed by atoms with van der Waals surface area (Å²) < 4.78 is 16.9. The number of aromatic carboxylic acids is 1. The van der Waals surface area contributed by atoms with Crippen LogP contribution in [0.1, 0.15) is 29.3 Å². The average Bonchev–Trinajstić information content (AvgIpc) is 3.61. The number of halogens is 1. The first-order chi connectivity index (χ1) is 20.6. The van der Waals surface area contributed by atoms with Crippen LogP contribution < -0.4 is 15.6 Å². The number of H-pyrrole nitrogens is 1. The zero-order chi connectivity index (χ0) is 30.4. The van der Waals surface area contributed by atoms with Gasteiger partial charge in [0.2, 0.25) is 5.43 Å². The second-order valence-corrected chi connectivity index (χ2v) is 12.0. The Morgan fingerprint density at radius 3 is 2.77 bits per heavy atom. The number of carboxylic acid groups (broad SMARTS) is 1. The second kappa shape index (κ2) is 9.24. The van der Waals surface area contributed by atoms with Crippen molar-refractivity contribution in [3.05, 3.63) is 57.9 Å². The fourth-order valence-electron chi connectivity index (χ4n) is 7.28. The van der Waals surface area contributed by atoms with E-state index in [0.29, 0.717) is 44.4 Å². The number of rotatable bonds is 4. The molecule has 12 heteroatoms. The zero-order valence-electron chi connectivity index (χ0n) is 24.1. The van der Waals surface area contributed by atoms with E-state index in [1.807, 2.05) is 0 Å². The van der Waals surface area contributed by atoms with Gasteiger partial charge in [0, 0.05) is 86.4 Å². The number of likely N-dealkylation sites (tertiary alicyclic amines) is 1. The Labute approximate surface area is 245 Å². The number of carboxylic acids is 1. The van der Waals surface area contributed by atoms with Crippen molar-refractivity contribution in [2.75, 3.05) is 43.9 Å². The van der Waals surface area contributed by atoms with Gasteiger partial charge >= 0.3 is 5.97 Å². The molecule has 0 radical (unpaired) electrons. The molecule has 0 unspecified atom stereocenters. The van der Waals surface area contributed by atoms with Crippen LogP contribution >= 0.6 is 0 Å². The van der Waals surface area contributed by atoms with Crippen LogP contribution in [0.2, 0.25) is 0 Å². The topological polar surface area (TPSA) is 143 Å². The number of nitriles is 1.